The number of allylic oxidation sites excluding steroid dienone is 4. The van der Waals surface area contributed by atoms with E-state index in [-0.39, 0.29) is 37.5 Å². The standard InChI is InChI=1S/C21H30F6O4/c1-15(2)9-5-7-11-19(12-8-6-10-16(3)4,17(28)30-13-20(22,23)24)18(29)31-14-21(25,26)27/h5-6,9-10,15-16H,7-8,11-14H2,1-4H3/b9-5-,10-6-. The number of carbonyl (C=O) groups excluding carboxylic acids is 2. The first-order valence-electron chi connectivity index (χ1n) is 9.90. The van der Waals surface area contributed by atoms with Crippen LogP contribution in [-0.2, 0) is 19.1 Å². The van der Waals surface area contributed by atoms with Crippen molar-refractivity contribution in [1.29, 1.82) is 0 Å². The molecule has 0 N–H and O–H groups in total. The monoisotopic (exact) mass is 460 g/mol. The van der Waals surface area contributed by atoms with Gasteiger partial charge < -0.3 is 9.47 Å². The molecule has 0 aliphatic carbocycles. The van der Waals surface area contributed by atoms with E-state index in [2.05, 4.69) is 9.47 Å². The fourth-order valence-electron chi connectivity index (χ4n) is 2.58. The minimum absolute atomic E-state index is 0.0638. The Morgan fingerprint density at radius 3 is 1.29 bits per heavy atom. The molecule has 0 atom stereocenters. The maximum atomic E-state index is 12.6. The van der Waals surface area contributed by atoms with E-state index in [0.29, 0.717) is 0 Å². The van der Waals surface area contributed by atoms with Crippen LogP contribution in [0.2, 0.25) is 0 Å². The lowest BCUT2D eigenvalue weighted by atomic mass is 9.78. The van der Waals surface area contributed by atoms with Gasteiger partial charge in [-0.3, -0.25) is 9.59 Å². The molecule has 0 aliphatic heterocycles. The first-order chi connectivity index (χ1) is 14.1. The van der Waals surface area contributed by atoms with Gasteiger partial charge in [0, 0.05) is 0 Å². The second-order valence-electron chi connectivity index (χ2n) is 7.89. The summed E-state index contributed by atoms with van der Waals surface area (Å²) in [6, 6.07) is 0. The van der Waals surface area contributed by atoms with Gasteiger partial charge in [-0.25, -0.2) is 0 Å². The summed E-state index contributed by atoms with van der Waals surface area (Å²) >= 11 is 0. The predicted molar refractivity (Wildman–Crippen MR) is 103 cm³/mol. The minimum Gasteiger partial charge on any atom is -0.455 e. The van der Waals surface area contributed by atoms with E-state index in [1.54, 1.807) is 24.3 Å². The van der Waals surface area contributed by atoms with Gasteiger partial charge in [0.1, 0.15) is 0 Å². The highest BCUT2D eigenvalue weighted by molar-refractivity contribution is 6.00. The Kier molecular flexibility index (Phi) is 11.9. The van der Waals surface area contributed by atoms with Gasteiger partial charge in [0.2, 0.25) is 0 Å². The number of halogens is 6. The smallest absolute Gasteiger partial charge is 0.422 e. The van der Waals surface area contributed by atoms with Gasteiger partial charge >= 0.3 is 24.3 Å². The summed E-state index contributed by atoms with van der Waals surface area (Å²) in [5, 5.41) is 0. The zero-order valence-electron chi connectivity index (χ0n) is 18.1. The van der Waals surface area contributed by atoms with E-state index >= 15 is 0 Å². The van der Waals surface area contributed by atoms with Crippen LogP contribution in [-0.4, -0.2) is 37.5 Å². The zero-order chi connectivity index (χ0) is 24.3. The number of alkyl halides is 6. The van der Waals surface area contributed by atoms with Crippen LogP contribution >= 0.6 is 0 Å². The van der Waals surface area contributed by atoms with Crippen molar-refractivity contribution >= 4 is 11.9 Å². The first-order valence-corrected chi connectivity index (χ1v) is 9.90. The number of ether oxygens (including phenoxy) is 2. The van der Waals surface area contributed by atoms with Crippen molar-refractivity contribution in [2.24, 2.45) is 17.3 Å². The van der Waals surface area contributed by atoms with Gasteiger partial charge in [-0.1, -0.05) is 52.0 Å². The second kappa shape index (κ2) is 12.8. The molecule has 0 aliphatic rings. The number of carbonyl (C=O) groups is 2. The molecule has 0 unspecified atom stereocenters. The summed E-state index contributed by atoms with van der Waals surface area (Å²) in [6.07, 6.45) is -3.58. The van der Waals surface area contributed by atoms with Gasteiger partial charge in [0.05, 0.1) is 0 Å². The topological polar surface area (TPSA) is 52.6 Å². The van der Waals surface area contributed by atoms with Crippen LogP contribution < -0.4 is 0 Å². The molecule has 0 aromatic carbocycles. The third-order valence-corrected chi connectivity index (χ3v) is 4.03. The molecule has 0 amide bonds. The number of esters is 2. The third kappa shape index (κ3) is 13.1. The second-order valence-corrected chi connectivity index (χ2v) is 7.89. The van der Waals surface area contributed by atoms with Gasteiger partial charge in [-0.05, 0) is 37.5 Å². The molecule has 180 valence electrons. The van der Waals surface area contributed by atoms with E-state index in [1.807, 2.05) is 27.7 Å². The summed E-state index contributed by atoms with van der Waals surface area (Å²) < 4.78 is 83.8. The van der Waals surface area contributed by atoms with Crippen LogP contribution in [0.15, 0.2) is 24.3 Å². The molecule has 0 rings (SSSR count). The van der Waals surface area contributed by atoms with E-state index < -0.39 is 42.9 Å². The summed E-state index contributed by atoms with van der Waals surface area (Å²) in [6.45, 7) is 3.52. The first kappa shape index (κ1) is 29.0. The van der Waals surface area contributed by atoms with Crippen molar-refractivity contribution in [3.05, 3.63) is 24.3 Å². The highest BCUT2D eigenvalue weighted by atomic mass is 19.4. The van der Waals surface area contributed by atoms with Crippen molar-refractivity contribution in [3.8, 4) is 0 Å². The Balaban J connectivity index is 5.85. The Bertz CT molecular complexity index is 564. The van der Waals surface area contributed by atoms with E-state index in [9.17, 15) is 35.9 Å². The molecular formula is C21H30F6O4. The largest absolute Gasteiger partial charge is 0.455 e. The Hall–Kier alpha value is -2.00. The predicted octanol–water partition coefficient (Wildman–Crippen LogP) is 6.17. The fraction of sp³-hybridized carbons (Fsp3) is 0.714. The molecule has 4 nitrogen and oxygen atoms in total. The van der Waals surface area contributed by atoms with Gasteiger partial charge in [0.25, 0.3) is 0 Å². The minimum atomic E-state index is -4.85. The quantitative estimate of drug-likeness (QED) is 0.151. The highest BCUT2D eigenvalue weighted by Gasteiger charge is 2.49. The van der Waals surface area contributed by atoms with Crippen molar-refractivity contribution in [1.82, 2.24) is 0 Å². The lowest BCUT2D eigenvalue weighted by Gasteiger charge is -2.29. The fourth-order valence-corrected chi connectivity index (χ4v) is 2.58. The van der Waals surface area contributed by atoms with Gasteiger partial charge in [-0.15, -0.1) is 0 Å². The molecule has 0 bridgehead atoms. The van der Waals surface area contributed by atoms with Crippen molar-refractivity contribution < 1.29 is 45.4 Å². The van der Waals surface area contributed by atoms with Crippen LogP contribution in [0.25, 0.3) is 0 Å². The molecule has 10 heteroatoms. The van der Waals surface area contributed by atoms with Crippen molar-refractivity contribution in [2.75, 3.05) is 13.2 Å². The van der Waals surface area contributed by atoms with E-state index in [1.165, 1.54) is 0 Å². The number of rotatable bonds is 12. The number of hydrogen-bond donors (Lipinski definition) is 0. The number of hydrogen-bond acceptors (Lipinski definition) is 4. The van der Waals surface area contributed by atoms with Crippen molar-refractivity contribution in [3.63, 3.8) is 0 Å². The molecule has 0 saturated heterocycles. The summed E-state index contributed by atoms with van der Waals surface area (Å²) in [4.78, 5) is 25.2. The van der Waals surface area contributed by atoms with Gasteiger partial charge in [-0.2, -0.15) is 26.3 Å². The summed E-state index contributed by atoms with van der Waals surface area (Å²) in [5.41, 5.74) is -2.29. The Morgan fingerprint density at radius 2 is 1.03 bits per heavy atom. The molecule has 0 spiro atoms. The maximum Gasteiger partial charge on any atom is 0.422 e. The lowest BCUT2D eigenvalue weighted by molar-refractivity contribution is -0.207. The van der Waals surface area contributed by atoms with Crippen molar-refractivity contribution in [2.45, 2.75) is 65.7 Å². The zero-order valence-corrected chi connectivity index (χ0v) is 18.1. The molecule has 0 radical (unpaired) electrons. The van der Waals surface area contributed by atoms with Crippen LogP contribution in [0.4, 0.5) is 26.3 Å². The lowest BCUT2D eigenvalue weighted by Crippen LogP contribution is -2.44. The van der Waals surface area contributed by atoms with Gasteiger partial charge in [0.15, 0.2) is 18.6 Å². The van der Waals surface area contributed by atoms with E-state index in [4.69, 9.17) is 0 Å². The third-order valence-electron chi connectivity index (χ3n) is 4.03. The highest BCUT2D eigenvalue weighted by Crippen LogP contribution is 2.35. The summed E-state index contributed by atoms with van der Waals surface area (Å²) in [5.74, 6) is -2.85. The van der Waals surface area contributed by atoms with E-state index in [0.717, 1.165) is 0 Å². The Morgan fingerprint density at radius 1 is 0.710 bits per heavy atom. The molecule has 31 heavy (non-hydrogen) atoms. The van der Waals surface area contributed by atoms with Crippen LogP contribution in [0.1, 0.15) is 53.4 Å². The molecule has 0 fully saturated rings. The molecule has 0 aromatic rings. The average molecular weight is 460 g/mol. The SMILES string of the molecule is CC(C)/C=C\CCC(CC/C=C\C(C)C)(C(=O)OCC(F)(F)F)C(=O)OCC(F)(F)F. The van der Waals surface area contributed by atoms with Crippen LogP contribution in [0.3, 0.4) is 0 Å². The normalized spacial score (nSPS) is 13.5. The maximum absolute atomic E-state index is 12.6. The Labute approximate surface area is 178 Å². The molecule has 0 heterocycles. The summed E-state index contributed by atoms with van der Waals surface area (Å²) in [7, 11) is 0. The van der Waals surface area contributed by atoms with Crippen LogP contribution in [0.5, 0.6) is 0 Å². The molecule has 0 saturated carbocycles. The molecule has 0 aromatic heterocycles. The average Bonchev–Trinajstić information content (AvgIpc) is 2.61. The van der Waals surface area contributed by atoms with Crippen LogP contribution in [0, 0.1) is 17.3 Å². The molecular weight excluding hydrogens is 430 g/mol.